The fourth-order valence-electron chi connectivity index (χ4n) is 2.67. The van der Waals surface area contributed by atoms with Crippen LogP contribution in [0.1, 0.15) is 36.9 Å². The fourth-order valence-corrected chi connectivity index (χ4v) is 2.67. The highest BCUT2D eigenvalue weighted by Gasteiger charge is 2.22. The lowest BCUT2D eigenvalue weighted by molar-refractivity contribution is 0.0937. The van der Waals surface area contributed by atoms with E-state index in [0.29, 0.717) is 22.5 Å². The summed E-state index contributed by atoms with van der Waals surface area (Å²) in [5.41, 5.74) is 7.24. The number of nitrogens with one attached hydrogen (secondary N) is 2. The molecule has 0 unspecified atom stereocenters. The zero-order valence-corrected chi connectivity index (χ0v) is 15.3. The number of hydrogen-bond donors (Lipinski definition) is 3. The third-order valence-electron chi connectivity index (χ3n) is 4.12. The van der Waals surface area contributed by atoms with Crippen LogP contribution < -0.4 is 16.4 Å². The Labute approximate surface area is 165 Å². The maximum absolute atomic E-state index is 12.3. The van der Waals surface area contributed by atoms with Gasteiger partial charge in [-0.15, -0.1) is 0 Å². The Bertz CT molecular complexity index is 1120. The van der Waals surface area contributed by atoms with Crippen LogP contribution in [0.2, 0.25) is 0 Å². The average Bonchev–Trinajstić information content (AvgIpc) is 3.19. The number of nitrogens with zero attached hydrogens (tertiary/aromatic N) is 3. The molecule has 0 saturated heterocycles. The molecule has 1 heterocycles. The quantitative estimate of drug-likeness (QED) is 0.606. The van der Waals surface area contributed by atoms with Crippen molar-refractivity contribution in [2.45, 2.75) is 0 Å². The normalized spacial score (nSPS) is 10.1. The molecule has 0 aliphatic heterocycles. The van der Waals surface area contributed by atoms with Crippen LogP contribution in [0.25, 0.3) is 5.69 Å². The molecule has 3 amide bonds. The third kappa shape index (κ3) is 3.96. The van der Waals surface area contributed by atoms with E-state index in [2.05, 4.69) is 15.6 Å². The standard InChI is InChI=1S/C20H16N6O3/c1-23-20(29)16-17(18(22)27)26(11-24-16)15-8-6-14(7-9-15)25-19(28)13-4-2-12(10-21)3-5-13/h2-9,11H,1H3,(H2,22,27)(H,23,29)(H,25,28). The summed E-state index contributed by atoms with van der Waals surface area (Å²) >= 11 is 0. The maximum atomic E-state index is 12.3. The summed E-state index contributed by atoms with van der Waals surface area (Å²) in [7, 11) is 1.43. The van der Waals surface area contributed by atoms with Crippen molar-refractivity contribution in [3.05, 3.63) is 77.4 Å². The first-order valence-electron chi connectivity index (χ1n) is 8.45. The molecule has 9 heteroatoms. The topological polar surface area (TPSA) is 143 Å². The van der Waals surface area contributed by atoms with E-state index in [0.717, 1.165) is 0 Å². The molecule has 0 aliphatic rings. The molecular formula is C20H16N6O3. The van der Waals surface area contributed by atoms with E-state index in [9.17, 15) is 14.4 Å². The number of nitrogens with two attached hydrogens (primary N) is 1. The minimum Gasteiger partial charge on any atom is -0.364 e. The second-order valence-electron chi connectivity index (χ2n) is 5.95. The number of nitriles is 1. The Morgan fingerprint density at radius 3 is 2.24 bits per heavy atom. The van der Waals surface area contributed by atoms with Crippen molar-refractivity contribution < 1.29 is 14.4 Å². The van der Waals surface area contributed by atoms with Crippen LogP contribution in [0.5, 0.6) is 0 Å². The van der Waals surface area contributed by atoms with Gasteiger partial charge in [0.25, 0.3) is 17.7 Å². The van der Waals surface area contributed by atoms with E-state index in [1.54, 1.807) is 48.5 Å². The Balaban J connectivity index is 1.82. The summed E-state index contributed by atoms with van der Waals surface area (Å²) in [6.07, 6.45) is 1.33. The van der Waals surface area contributed by atoms with Crippen molar-refractivity contribution in [2.24, 2.45) is 5.73 Å². The van der Waals surface area contributed by atoms with Crippen LogP contribution >= 0.6 is 0 Å². The second-order valence-corrected chi connectivity index (χ2v) is 5.95. The van der Waals surface area contributed by atoms with E-state index in [4.69, 9.17) is 11.0 Å². The zero-order valence-electron chi connectivity index (χ0n) is 15.3. The summed E-state index contributed by atoms with van der Waals surface area (Å²) in [6.45, 7) is 0. The number of amides is 3. The van der Waals surface area contributed by atoms with Gasteiger partial charge >= 0.3 is 0 Å². The first-order chi connectivity index (χ1) is 13.9. The zero-order chi connectivity index (χ0) is 21.0. The molecule has 3 rings (SSSR count). The molecule has 0 spiro atoms. The smallest absolute Gasteiger partial charge is 0.272 e. The highest BCUT2D eigenvalue weighted by molar-refractivity contribution is 6.05. The van der Waals surface area contributed by atoms with Gasteiger partial charge in [-0.1, -0.05) is 0 Å². The van der Waals surface area contributed by atoms with E-state index >= 15 is 0 Å². The van der Waals surface area contributed by atoms with Crippen LogP contribution in [0.15, 0.2) is 54.9 Å². The van der Waals surface area contributed by atoms with Crippen molar-refractivity contribution in [2.75, 3.05) is 12.4 Å². The van der Waals surface area contributed by atoms with Gasteiger partial charge in [-0.3, -0.25) is 19.0 Å². The minimum atomic E-state index is -0.792. The van der Waals surface area contributed by atoms with Gasteiger partial charge in [-0.05, 0) is 48.5 Å². The molecule has 29 heavy (non-hydrogen) atoms. The molecule has 0 radical (unpaired) electrons. The number of primary amides is 1. The molecule has 144 valence electrons. The largest absolute Gasteiger partial charge is 0.364 e. The summed E-state index contributed by atoms with van der Waals surface area (Å²) in [5.74, 6) is -1.65. The second kappa shape index (κ2) is 8.06. The van der Waals surface area contributed by atoms with Gasteiger partial charge in [0.15, 0.2) is 5.69 Å². The van der Waals surface area contributed by atoms with Crippen molar-refractivity contribution in [1.29, 1.82) is 5.26 Å². The Morgan fingerprint density at radius 1 is 1.03 bits per heavy atom. The number of hydrogen-bond acceptors (Lipinski definition) is 5. The molecular weight excluding hydrogens is 372 g/mol. The number of imidazole rings is 1. The van der Waals surface area contributed by atoms with Crippen molar-refractivity contribution >= 4 is 23.4 Å². The summed E-state index contributed by atoms with van der Waals surface area (Å²) < 4.78 is 1.40. The van der Waals surface area contributed by atoms with Gasteiger partial charge in [0.2, 0.25) is 0 Å². The first kappa shape index (κ1) is 19.3. The van der Waals surface area contributed by atoms with Gasteiger partial charge in [0.05, 0.1) is 11.6 Å². The number of rotatable bonds is 5. The predicted molar refractivity (Wildman–Crippen MR) is 105 cm³/mol. The Kier molecular flexibility index (Phi) is 5.37. The number of aromatic nitrogens is 2. The molecule has 0 aliphatic carbocycles. The number of carbonyl (C=O) groups is 3. The fraction of sp³-hybridized carbons (Fsp3) is 0.0500. The van der Waals surface area contributed by atoms with Gasteiger partial charge < -0.3 is 16.4 Å². The van der Waals surface area contributed by atoms with Gasteiger partial charge in [-0.25, -0.2) is 4.98 Å². The molecule has 0 atom stereocenters. The van der Waals surface area contributed by atoms with Crippen LogP contribution in [0.4, 0.5) is 5.69 Å². The lowest BCUT2D eigenvalue weighted by Crippen LogP contribution is -2.25. The SMILES string of the molecule is CNC(=O)c1ncn(-c2ccc(NC(=O)c3ccc(C#N)cc3)cc2)c1C(N)=O. The average molecular weight is 388 g/mol. The first-order valence-corrected chi connectivity index (χ1v) is 8.45. The van der Waals surface area contributed by atoms with Gasteiger partial charge in [0.1, 0.15) is 12.0 Å². The molecule has 0 fully saturated rings. The van der Waals surface area contributed by atoms with Gasteiger partial charge in [-0.2, -0.15) is 5.26 Å². The number of carbonyl (C=O) groups excluding carboxylic acids is 3. The number of benzene rings is 2. The maximum Gasteiger partial charge on any atom is 0.272 e. The van der Waals surface area contributed by atoms with Crippen LogP contribution in [0, 0.1) is 11.3 Å². The van der Waals surface area contributed by atoms with Crippen LogP contribution in [-0.2, 0) is 0 Å². The van der Waals surface area contributed by atoms with Crippen LogP contribution in [-0.4, -0.2) is 34.3 Å². The third-order valence-corrected chi connectivity index (χ3v) is 4.12. The summed E-state index contributed by atoms with van der Waals surface area (Å²) in [4.78, 5) is 40.0. The van der Waals surface area contributed by atoms with Gasteiger partial charge in [0, 0.05) is 24.0 Å². The highest BCUT2D eigenvalue weighted by Crippen LogP contribution is 2.18. The number of anilines is 1. The molecule has 0 bridgehead atoms. The molecule has 0 saturated carbocycles. The molecule has 9 nitrogen and oxygen atoms in total. The summed E-state index contributed by atoms with van der Waals surface area (Å²) in [5, 5.41) is 14.0. The van der Waals surface area contributed by atoms with Crippen molar-refractivity contribution in [3.8, 4) is 11.8 Å². The lowest BCUT2D eigenvalue weighted by atomic mass is 10.1. The van der Waals surface area contributed by atoms with E-state index < -0.39 is 11.8 Å². The molecule has 2 aromatic carbocycles. The minimum absolute atomic E-state index is 0.0429. The highest BCUT2D eigenvalue weighted by atomic mass is 16.2. The lowest BCUT2D eigenvalue weighted by Gasteiger charge is -2.09. The van der Waals surface area contributed by atoms with E-state index in [1.807, 2.05) is 6.07 Å². The predicted octanol–water partition coefficient (Wildman–Crippen LogP) is 1.45. The van der Waals surface area contributed by atoms with Crippen molar-refractivity contribution in [1.82, 2.24) is 14.9 Å². The molecule has 4 N–H and O–H groups in total. The van der Waals surface area contributed by atoms with E-state index in [1.165, 1.54) is 17.9 Å². The Morgan fingerprint density at radius 2 is 1.69 bits per heavy atom. The summed E-state index contributed by atoms with van der Waals surface area (Å²) in [6, 6.07) is 14.8. The molecule has 3 aromatic rings. The van der Waals surface area contributed by atoms with Crippen LogP contribution in [0.3, 0.4) is 0 Å². The Hall–Kier alpha value is -4.45. The van der Waals surface area contributed by atoms with Crippen molar-refractivity contribution in [3.63, 3.8) is 0 Å². The monoisotopic (exact) mass is 388 g/mol. The molecule has 1 aromatic heterocycles. The van der Waals surface area contributed by atoms with E-state index in [-0.39, 0.29) is 17.3 Å².